The summed E-state index contributed by atoms with van der Waals surface area (Å²) in [7, 11) is 2.11. The van der Waals surface area contributed by atoms with Gasteiger partial charge in [0.25, 0.3) is 5.56 Å². The summed E-state index contributed by atoms with van der Waals surface area (Å²) in [5, 5.41) is 14.5. The van der Waals surface area contributed by atoms with E-state index in [2.05, 4.69) is 29.2 Å². The van der Waals surface area contributed by atoms with Crippen molar-refractivity contribution in [2.45, 2.75) is 57.0 Å². The van der Waals surface area contributed by atoms with Crippen molar-refractivity contribution in [2.24, 2.45) is 0 Å². The second-order valence-electron chi connectivity index (χ2n) is 7.61. The summed E-state index contributed by atoms with van der Waals surface area (Å²) in [6.45, 7) is 6.08. The summed E-state index contributed by atoms with van der Waals surface area (Å²) in [6, 6.07) is 3.89. The molecule has 26 heavy (non-hydrogen) atoms. The third-order valence-corrected chi connectivity index (χ3v) is 5.62. The summed E-state index contributed by atoms with van der Waals surface area (Å²) < 4.78 is 1.83. The van der Waals surface area contributed by atoms with Crippen LogP contribution >= 0.6 is 0 Å². The van der Waals surface area contributed by atoms with Crippen molar-refractivity contribution in [3.05, 3.63) is 40.4 Å². The minimum Gasteiger partial charge on any atom is -0.369 e. The SMILES string of the molecule is C=C(Nc1c(C=N)ccc(=O)n1C1CCN(C)CC1)NC1CCCCC1. The van der Waals surface area contributed by atoms with Crippen LogP contribution in [0.2, 0.25) is 0 Å². The molecular weight excluding hydrogens is 326 g/mol. The van der Waals surface area contributed by atoms with Crippen LogP contribution in [-0.2, 0) is 0 Å². The molecule has 1 aromatic rings. The van der Waals surface area contributed by atoms with Crippen LogP contribution in [0, 0.1) is 5.41 Å². The fraction of sp³-hybridized carbons (Fsp3) is 0.600. The van der Waals surface area contributed by atoms with Crippen LogP contribution in [0.1, 0.15) is 56.6 Å². The Morgan fingerprint density at radius 2 is 1.88 bits per heavy atom. The number of hydrogen-bond acceptors (Lipinski definition) is 5. The number of hydrogen-bond donors (Lipinski definition) is 3. The maximum Gasteiger partial charge on any atom is 0.252 e. The number of rotatable bonds is 6. The molecule has 0 amide bonds. The largest absolute Gasteiger partial charge is 0.369 e. The fourth-order valence-corrected chi connectivity index (χ4v) is 4.11. The quantitative estimate of drug-likeness (QED) is 0.685. The number of aromatic nitrogens is 1. The molecule has 1 aliphatic carbocycles. The van der Waals surface area contributed by atoms with E-state index in [1.54, 1.807) is 12.1 Å². The number of piperidine rings is 1. The molecule has 2 fully saturated rings. The molecule has 2 aliphatic rings. The van der Waals surface area contributed by atoms with Crippen LogP contribution in [0.15, 0.2) is 29.3 Å². The molecular formula is C20H31N5O. The van der Waals surface area contributed by atoms with Crippen LogP contribution in [0.5, 0.6) is 0 Å². The molecule has 0 aromatic carbocycles. The van der Waals surface area contributed by atoms with Gasteiger partial charge in [0.1, 0.15) is 5.82 Å². The third-order valence-electron chi connectivity index (χ3n) is 5.62. The van der Waals surface area contributed by atoms with Gasteiger partial charge >= 0.3 is 0 Å². The van der Waals surface area contributed by atoms with Gasteiger partial charge in [0, 0.05) is 29.9 Å². The summed E-state index contributed by atoms with van der Waals surface area (Å²) >= 11 is 0. The monoisotopic (exact) mass is 357 g/mol. The van der Waals surface area contributed by atoms with E-state index >= 15 is 0 Å². The Balaban J connectivity index is 1.82. The van der Waals surface area contributed by atoms with Crippen molar-refractivity contribution in [3.8, 4) is 0 Å². The molecule has 0 unspecified atom stereocenters. The minimum atomic E-state index is -0.0156. The van der Waals surface area contributed by atoms with Crippen molar-refractivity contribution in [1.82, 2.24) is 14.8 Å². The molecule has 0 atom stereocenters. The van der Waals surface area contributed by atoms with E-state index in [-0.39, 0.29) is 11.6 Å². The predicted octanol–water partition coefficient (Wildman–Crippen LogP) is 2.92. The zero-order chi connectivity index (χ0) is 18.5. The summed E-state index contributed by atoms with van der Waals surface area (Å²) in [5.41, 5.74) is 0.702. The van der Waals surface area contributed by atoms with Gasteiger partial charge in [-0.3, -0.25) is 9.36 Å². The molecule has 0 radical (unpaired) electrons. The number of likely N-dealkylation sites (tertiary alicyclic amines) is 1. The first-order valence-electron chi connectivity index (χ1n) is 9.75. The zero-order valence-electron chi connectivity index (χ0n) is 15.8. The fourth-order valence-electron chi connectivity index (χ4n) is 4.11. The van der Waals surface area contributed by atoms with E-state index in [1.807, 2.05) is 4.57 Å². The molecule has 0 spiro atoms. The minimum absolute atomic E-state index is 0.0156. The first kappa shape index (κ1) is 18.7. The van der Waals surface area contributed by atoms with Gasteiger partial charge < -0.3 is 20.9 Å². The Morgan fingerprint density at radius 1 is 1.19 bits per heavy atom. The van der Waals surface area contributed by atoms with Gasteiger partial charge in [-0.2, -0.15) is 0 Å². The summed E-state index contributed by atoms with van der Waals surface area (Å²) in [6.07, 6.45) is 9.32. The van der Waals surface area contributed by atoms with E-state index in [0.29, 0.717) is 17.7 Å². The van der Waals surface area contributed by atoms with Crippen molar-refractivity contribution < 1.29 is 0 Å². The smallest absolute Gasteiger partial charge is 0.252 e. The lowest BCUT2D eigenvalue weighted by atomic mass is 9.96. The summed E-state index contributed by atoms with van der Waals surface area (Å²) in [4.78, 5) is 14.9. The second kappa shape index (κ2) is 8.54. The van der Waals surface area contributed by atoms with Crippen LogP contribution in [0.4, 0.5) is 5.82 Å². The highest BCUT2D eigenvalue weighted by molar-refractivity contribution is 5.84. The highest BCUT2D eigenvalue weighted by Crippen LogP contribution is 2.26. The third kappa shape index (κ3) is 4.36. The first-order valence-corrected chi connectivity index (χ1v) is 9.75. The standard InChI is InChI=1S/C20H31N5O/c1-15(22-17-6-4-3-5-7-17)23-20-16(14-21)8-9-19(26)25(20)18-10-12-24(2)13-11-18/h8-9,14,17-18,21-23H,1,3-7,10-13H2,2H3. The molecule has 142 valence electrons. The molecule has 6 heteroatoms. The Labute approximate surface area is 155 Å². The lowest BCUT2D eigenvalue weighted by Crippen LogP contribution is -2.38. The Kier molecular flexibility index (Phi) is 6.14. The van der Waals surface area contributed by atoms with Gasteiger partial charge in [-0.25, -0.2) is 0 Å². The number of pyridine rings is 1. The van der Waals surface area contributed by atoms with Crippen molar-refractivity contribution in [1.29, 1.82) is 5.41 Å². The second-order valence-corrected chi connectivity index (χ2v) is 7.61. The summed E-state index contributed by atoms with van der Waals surface area (Å²) in [5.74, 6) is 1.41. The lowest BCUT2D eigenvalue weighted by Gasteiger charge is -2.33. The molecule has 1 aliphatic heterocycles. The molecule has 3 rings (SSSR count). The highest BCUT2D eigenvalue weighted by Gasteiger charge is 2.23. The van der Waals surface area contributed by atoms with E-state index < -0.39 is 0 Å². The van der Waals surface area contributed by atoms with Crippen LogP contribution in [-0.4, -0.2) is 41.9 Å². The molecule has 3 N–H and O–H groups in total. The van der Waals surface area contributed by atoms with Crippen LogP contribution in [0.25, 0.3) is 0 Å². The number of nitrogens with zero attached hydrogens (tertiary/aromatic N) is 2. The van der Waals surface area contributed by atoms with E-state index in [0.717, 1.165) is 44.3 Å². The van der Waals surface area contributed by atoms with Gasteiger partial charge in [-0.15, -0.1) is 0 Å². The zero-order valence-corrected chi connectivity index (χ0v) is 15.8. The number of nitrogens with one attached hydrogen (secondary N) is 3. The molecule has 1 saturated heterocycles. The predicted molar refractivity (Wildman–Crippen MR) is 107 cm³/mol. The average molecular weight is 358 g/mol. The van der Waals surface area contributed by atoms with E-state index in [4.69, 9.17) is 5.41 Å². The van der Waals surface area contributed by atoms with Crippen molar-refractivity contribution in [2.75, 3.05) is 25.5 Å². The molecule has 1 saturated carbocycles. The Morgan fingerprint density at radius 3 is 2.54 bits per heavy atom. The van der Waals surface area contributed by atoms with Gasteiger partial charge in [-0.05, 0) is 51.9 Å². The molecule has 1 aromatic heterocycles. The maximum atomic E-state index is 12.6. The van der Waals surface area contributed by atoms with E-state index in [9.17, 15) is 4.79 Å². The number of anilines is 1. The molecule has 2 heterocycles. The van der Waals surface area contributed by atoms with E-state index in [1.165, 1.54) is 25.5 Å². The van der Waals surface area contributed by atoms with Gasteiger partial charge in [0.15, 0.2) is 0 Å². The topological polar surface area (TPSA) is 73.2 Å². The van der Waals surface area contributed by atoms with Gasteiger partial charge in [0.05, 0.1) is 5.82 Å². The van der Waals surface area contributed by atoms with Gasteiger partial charge in [0.2, 0.25) is 0 Å². The van der Waals surface area contributed by atoms with Crippen LogP contribution in [0.3, 0.4) is 0 Å². The molecule has 0 bridgehead atoms. The average Bonchev–Trinajstić information content (AvgIpc) is 2.64. The maximum absolute atomic E-state index is 12.6. The van der Waals surface area contributed by atoms with Crippen LogP contribution < -0.4 is 16.2 Å². The Bertz CT molecular complexity index is 697. The molecule has 6 nitrogen and oxygen atoms in total. The van der Waals surface area contributed by atoms with Crippen molar-refractivity contribution >= 4 is 12.0 Å². The normalized spacial score (nSPS) is 19.9. The lowest BCUT2D eigenvalue weighted by molar-refractivity contribution is 0.220. The first-order chi connectivity index (χ1) is 12.6. The van der Waals surface area contributed by atoms with Gasteiger partial charge in [-0.1, -0.05) is 25.8 Å². The Hall–Kier alpha value is -2.08. The highest BCUT2D eigenvalue weighted by atomic mass is 16.1. The van der Waals surface area contributed by atoms with Crippen molar-refractivity contribution in [3.63, 3.8) is 0 Å².